The molecule has 162 valence electrons. The Kier molecular flexibility index (Phi) is 5.68. The summed E-state index contributed by atoms with van der Waals surface area (Å²) in [6.45, 7) is 2.15. The van der Waals surface area contributed by atoms with E-state index in [9.17, 15) is 14.4 Å². The zero-order valence-electron chi connectivity index (χ0n) is 16.5. The van der Waals surface area contributed by atoms with Gasteiger partial charge >= 0.3 is 6.03 Å². The minimum Gasteiger partial charge on any atom is -0.490 e. The molecule has 2 N–H and O–H groups in total. The number of anilines is 1. The molecule has 31 heavy (non-hydrogen) atoms. The van der Waals surface area contributed by atoms with Crippen LogP contribution >= 0.6 is 23.2 Å². The fraction of sp³-hybridized carbons (Fsp3) is 0.286. The standard InChI is InChI=1S/C21H19Cl2N3O5/c1-21(12-3-6-16-17(9-12)31-8-2-7-30-16)19(28)26(20(29)25-21)11-18(27)24-15-5-4-13(22)10-14(15)23/h3-6,9-10H,2,7-8,11H2,1H3,(H,24,27)(H,25,29). The van der Waals surface area contributed by atoms with Crippen molar-refractivity contribution in [2.24, 2.45) is 0 Å². The number of nitrogens with zero attached hydrogens (tertiary/aromatic N) is 1. The number of urea groups is 1. The van der Waals surface area contributed by atoms with Gasteiger partial charge in [0.1, 0.15) is 12.1 Å². The molecule has 0 aliphatic carbocycles. The molecule has 4 rings (SSSR count). The lowest BCUT2D eigenvalue weighted by Gasteiger charge is -2.23. The highest BCUT2D eigenvalue weighted by Crippen LogP contribution is 2.36. The van der Waals surface area contributed by atoms with Gasteiger partial charge in [-0.15, -0.1) is 0 Å². The smallest absolute Gasteiger partial charge is 0.325 e. The van der Waals surface area contributed by atoms with Gasteiger partial charge in [-0.25, -0.2) is 4.79 Å². The van der Waals surface area contributed by atoms with Gasteiger partial charge in [0.15, 0.2) is 11.5 Å². The maximum absolute atomic E-state index is 13.1. The first-order valence-corrected chi connectivity index (χ1v) is 10.3. The monoisotopic (exact) mass is 463 g/mol. The number of hydrogen-bond donors (Lipinski definition) is 2. The first-order chi connectivity index (χ1) is 14.8. The van der Waals surface area contributed by atoms with Crippen LogP contribution in [0.4, 0.5) is 10.5 Å². The van der Waals surface area contributed by atoms with Crippen LogP contribution in [0.15, 0.2) is 36.4 Å². The van der Waals surface area contributed by atoms with Crippen molar-refractivity contribution >= 4 is 46.7 Å². The highest BCUT2D eigenvalue weighted by atomic mass is 35.5. The largest absolute Gasteiger partial charge is 0.490 e. The van der Waals surface area contributed by atoms with Gasteiger partial charge in [-0.1, -0.05) is 29.3 Å². The Morgan fingerprint density at radius 2 is 1.87 bits per heavy atom. The summed E-state index contributed by atoms with van der Waals surface area (Å²) in [5, 5.41) is 5.92. The number of carbonyl (C=O) groups is 3. The molecule has 0 bridgehead atoms. The summed E-state index contributed by atoms with van der Waals surface area (Å²) in [7, 11) is 0. The minimum atomic E-state index is -1.35. The zero-order valence-corrected chi connectivity index (χ0v) is 18.0. The number of rotatable bonds is 4. The molecule has 1 fully saturated rings. The summed E-state index contributed by atoms with van der Waals surface area (Å²) in [4.78, 5) is 39.0. The predicted octanol–water partition coefficient (Wildman–Crippen LogP) is 3.56. The van der Waals surface area contributed by atoms with Crippen molar-refractivity contribution in [3.63, 3.8) is 0 Å². The Morgan fingerprint density at radius 1 is 1.13 bits per heavy atom. The normalized spacial score (nSPS) is 20.3. The molecule has 4 amide bonds. The predicted molar refractivity (Wildman–Crippen MR) is 115 cm³/mol. The van der Waals surface area contributed by atoms with Crippen molar-refractivity contribution in [1.82, 2.24) is 10.2 Å². The van der Waals surface area contributed by atoms with Crippen LogP contribution in [0, 0.1) is 0 Å². The van der Waals surface area contributed by atoms with Gasteiger partial charge in [0.25, 0.3) is 5.91 Å². The van der Waals surface area contributed by atoms with Crippen LogP contribution in [0.2, 0.25) is 10.0 Å². The van der Waals surface area contributed by atoms with E-state index in [0.29, 0.717) is 41.0 Å². The summed E-state index contributed by atoms with van der Waals surface area (Å²) in [6, 6.07) is 9.00. The Bertz CT molecular complexity index is 1080. The second kappa shape index (κ2) is 8.28. The van der Waals surface area contributed by atoms with E-state index < -0.39 is 29.9 Å². The first-order valence-electron chi connectivity index (χ1n) is 9.57. The molecule has 0 saturated carbocycles. The lowest BCUT2D eigenvalue weighted by molar-refractivity contribution is -0.133. The highest BCUT2D eigenvalue weighted by Gasteiger charge is 2.49. The van der Waals surface area contributed by atoms with E-state index in [4.69, 9.17) is 32.7 Å². The highest BCUT2D eigenvalue weighted by molar-refractivity contribution is 6.36. The molecule has 1 unspecified atom stereocenters. The van der Waals surface area contributed by atoms with E-state index in [1.807, 2.05) is 0 Å². The number of ether oxygens (including phenoxy) is 2. The number of nitrogens with one attached hydrogen (secondary N) is 2. The van der Waals surface area contributed by atoms with Crippen molar-refractivity contribution in [3.8, 4) is 11.5 Å². The molecule has 1 saturated heterocycles. The van der Waals surface area contributed by atoms with E-state index in [-0.39, 0.29) is 5.02 Å². The van der Waals surface area contributed by atoms with Crippen LogP contribution in [0.25, 0.3) is 0 Å². The molecule has 2 aliphatic heterocycles. The fourth-order valence-corrected chi connectivity index (χ4v) is 3.89. The van der Waals surface area contributed by atoms with Crippen LogP contribution < -0.4 is 20.1 Å². The van der Waals surface area contributed by atoms with Crippen molar-refractivity contribution in [3.05, 3.63) is 52.0 Å². The Hall–Kier alpha value is -2.97. The number of carbonyl (C=O) groups excluding carboxylic acids is 3. The number of hydrogen-bond acceptors (Lipinski definition) is 5. The summed E-state index contributed by atoms with van der Waals surface area (Å²) in [5.41, 5.74) is -0.493. The van der Waals surface area contributed by atoms with E-state index in [0.717, 1.165) is 11.3 Å². The average Bonchev–Trinajstić information content (AvgIpc) is 2.90. The van der Waals surface area contributed by atoms with Gasteiger partial charge in [-0.3, -0.25) is 14.5 Å². The lowest BCUT2D eigenvalue weighted by atomic mass is 9.91. The van der Waals surface area contributed by atoms with Crippen LogP contribution in [-0.4, -0.2) is 42.5 Å². The summed E-state index contributed by atoms with van der Waals surface area (Å²) < 4.78 is 11.3. The van der Waals surface area contributed by atoms with Crippen LogP contribution in [0.1, 0.15) is 18.9 Å². The van der Waals surface area contributed by atoms with E-state index in [1.54, 1.807) is 31.2 Å². The van der Waals surface area contributed by atoms with E-state index in [2.05, 4.69) is 10.6 Å². The maximum atomic E-state index is 13.1. The van der Waals surface area contributed by atoms with Gasteiger partial charge < -0.3 is 20.1 Å². The summed E-state index contributed by atoms with van der Waals surface area (Å²) >= 11 is 11.9. The third-order valence-corrected chi connectivity index (χ3v) is 5.65. The van der Waals surface area contributed by atoms with Crippen molar-refractivity contribution in [2.75, 3.05) is 25.1 Å². The third-order valence-electron chi connectivity index (χ3n) is 5.11. The van der Waals surface area contributed by atoms with Crippen molar-refractivity contribution in [2.45, 2.75) is 18.9 Å². The quantitative estimate of drug-likeness (QED) is 0.675. The summed E-state index contributed by atoms with van der Waals surface area (Å²) in [5.74, 6) is -0.0375. The molecule has 0 radical (unpaired) electrons. The number of benzene rings is 2. The van der Waals surface area contributed by atoms with E-state index >= 15 is 0 Å². The molecule has 2 aromatic carbocycles. The van der Waals surface area contributed by atoms with Gasteiger partial charge in [-0.05, 0) is 42.8 Å². The van der Waals surface area contributed by atoms with Crippen LogP contribution in [0.5, 0.6) is 11.5 Å². The average molecular weight is 464 g/mol. The molecule has 0 spiro atoms. The Labute approximate surface area is 188 Å². The Morgan fingerprint density at radius 3 is 2.61 bits per heavy atom. The lowest BCUT2D eigenvalue weighted by Crippen LogP contribution is -2.42. The third kappa shape index (κ3) is 4.13. The SMILES string of the molecule is CC1(c2ccc3c(c2)OCCCO3)NC(=O)N(CC(=O)Nc2ccc(Cl)cc2Cl)C1=O. The van der Waals surface area contributed by atoms with Gasteiger partial charge in [0.05, 0.1) is 23.9 Å². The van der Waals surface area contributed by atoms with Gasteiger partial charge in [-0.2, -0.15) is 0 Å². The van der Waals surface area contributed by atoms with Crippen LogP contribution in [0.3, 0.4) is 0 Å². The first kappa shape index (κ1) is 21.3. The molecule has 10 heteroatoms. The summed E-state index contributed by atoms with van der Waals surface area (Å²) in [6.07, 6.45) is 0.747. The molecular weight excluding hydrogens is 445 g/mol. The topological polar surface area (TPSA) is 97.0 Å². The minimum absolute atomic E-state index is 0.245. The fourth-order valence-electron chi connectivity index (χ4n) is 3.43. The molecule has 2 aromatic rings. The van der Waals surface area contributed by atoms with Crippen molar-refractivity contribution < 1.29 is 23.9 Å². The number of imide groups is 1. The number of fused-ring (bicyclic) bond motifs is 1. The molecular formula is C21H19Cl2N3O5. The molecule has 8 nitrogen and oxygen atoms in total. The van der Waals surface area contributed by atoms with Crippen molar-refractivity contribution in [1.29, 1.82) is 0 Å². The number of amides is 4. The zero-order chi connectivity index (χ0) is 22.2. The maximum Gasteiger partial charge on any atom is 0.325 e. The molecule has 0 aromatic heterocycles. The number of halogens is 2. The Balaban J connectivity index is 1.51. The second-order valence-corrected chi connectivity index (χ2v) is 8.17. The van der Waals surface area contributed by atoms with Gasteiger partial charge in [0.2, 0.25) is 5.91 Å². The second-order valence-electron chi connectivity index (χ2n) is 7.33. The molecule has 2 heterocycles. The molecule has 1 atom stereocenters. The van der Waals surface area contributed by atoms with Gasteiger partial charge in [0, 0.05) is 11.4 Å². The molecule has 2 aliphatic rings. The van der Waals surface area contributed by atoms with E-state index in [1.165, 1.54) is 12.1 Å². The van der Waals surface area contributed by atoms with Crippen LogP contribution in [-0.2, 0) is 15.1 Å².